The van der Waals surface area contributed by atoms with Crippen LogP contribution < -0.4 is 16.0 Å². The van der Waals surface area contributed by atoms with E-state index in [1.807, 2.05) is 0 Å². The number of rotatable bonds is 5. The molecule has 0 aromatic carbocycles. The van der Waals surface area contributed by atoms with Crippen LogP contribution in [-0.4, -0.2) is 35.9 Å². The molecule has 2 rings (SSSR count). The van der Waals surface area contributed by atoms with Gasteiger partial charge in [0.2, 0.25) is 5.91 Å². The Morgan fingerprint density at radius 2 is 2.42 bits per heavy atom. The van der Waals surface area contributed by atoms with Gasteiger partial charge in [-0.25, -0.2) is 0 Å². The lowest BCUT2D eigenvalue weighted by Crippen LogP contribution is -2.36. The zero-order chi connectivity index (χ0) is 13.7. The molecule has 2 heterocycles. The molecule has 1 aliphatic heterocycles. The first-order valence-corrected chi connectivity index (χ1v) is 6.46. The molecule has 19 heavy (non-hydrogen) atoms. The monoisotopic (exact) mass is 262 g/mol. The maximum Gasteiger partial charge on any atom is 0.255 e. The Balaban J connectivity index is 2.03. The summed E-state index contributed by atoms with van der Waals surface area (Å²) in [4.78, 5) is 27.2. The van der Waals surface area contributed by atoms with Crippen LogP contribution in [0.2, 0.25) is 0 Å². The molecule has 1 unspecified atom stereocenters. The maximum absolute atomic E-state index is 12.2. The topological polar surface area (TPSA) is 83.1 Å². The molecule has 1 aromatic rings. The lowest BCUT2D eigenvalue weighted by atomic mass is 10.2. The molecule has 1 saturated heterocycles. The molecule has 0 saturated carbocycles. The van der Waals surface area contributed by atoms with Gasteiger partial charge in [-0.3, -0.25) is 14.6 Å². The van der Waals surface area contributed by atoms with Gasteiger partial charge < -0.3 is 16.0 Å². The van der Waals surface area contributed by atoms with E-state index in [9.17, 15) is 9.59 Å². The van der Waals surface area contributed by atoms with Gasteiger partial charge >= 0.3 is 0 Å². The van der Waals surface area contributed by atoms with Gasteiger partial charge in [-0.05, 0) is 12.5 Å². The summed E-state index contributed by atoms with van der Waals surface area (Å²) < 4.78 is 0. The highest BCUT2D eigenvalue weighted by Crippen LogP contribution is 2.14. The highest BCUT2D eigenvalue weighted by Gasteiger charge is 2.24. The predicted molar refractivity (Wildman–Crippen MR) is 71.9 cm³/mol. The van der Waals surface area contributed by atoms with Crippen LogP contribution in [0, 0.1) is 0 Å². The number of carbonyl (C=O) groups excluding carboxylic acids is 2. The fraction of sp³-hybridized carbons (Fsp3) is 0.462. The first kappa shape index (κ1) is 13.3. The Bertz CT molecular complexity index is 475. The average molecular weight is 262 g/mol. The van der Waals surface area contributed by atoms with Crippen LogP contribution >= 0.6 is 0 Å². The Morgan fingerprint density at radius 1 is 1.58 bits per heavy atom. The van der Waals surface area contributed by atoms with Crippen molar-refractivity contribution in [1.29, 1.82) is 0 Å². The molecule has 6 heteroatoms. The van der Waals surface area contributed by atoms with E-state index in [0.717, 1.165) is 18.7 Å². The van der Waals surface area contributed by atoms with Crippen LogP contribution in [0.25, 0.3) is 0 Å². The summed E-state index contributed by atoms with van der Waals surface area (Å²) in [5.74, 6) is -0.228. The highest BCUT2D eigenvalue weighted by atomic mass is 16.2. The smallest absolute Gasteiger partial charge is 0.255 e. The van der Waals surface area contributed by atoms with E-state index in [1.54, 1.807) is 12.3 Å². The number of pyridine rings is 1. The molecule has 0 bridgehead atoms. The predicted octanol–water partition coefficient (Wildman–Crippen LogP) is 0.522. The van der Waals surface area contributed by atoms with Crippen molar-refractivity contribution in [3.63, 3.8) is 0 Å². The second-order valence-corrected chi connectivity index (χ2v) is 4.53. The minimum atomic E-state index is -0.201. The van der Waals surface area contributed by atoms with Gasteiger partial charge in [0.1, 0.15) is 0 Å². The summed E-state index contributed by atoms with van der Waals surface area (Å²) in [5, 5.41) is 8.72. The maximum atomic E-state index is 12.2. The molecule has 1 atom stereocenters. The Morgan fingerprint density at radius 3 is 3.11 bits per heavy atom. The van der Waals surface area contributed by atoms with Crippen molar-refractivity contribution < 1.29 is 9.59 Å². The average Bonchev–Trinajstić information content (AvgIpc) is 2.82. The molecular formula is C13H18N4O2. The standard InChI is InChI=1S/C13H18N4O2/c1-2-4-15-11-3-5-14-8-10(11)13(19)17-9-6-12(18)16-7-9/h3,5,8-9H,2,4,6-7H2,1H3,(H,14,15)(H,16,18)(H,17,19). The molecule has 2 amide bonds. The van der Waals surface area contributed by atoms with Crippen LogP contribution in [0.15, 0.2) is 18.5 Å². The van der Waals surface area contributed by atoms with Gasteiger partial charge in [-0.1, -0.05) is 6.92 Å². The number of hydrogen-bond acceptors (Lipinski definition) is 4. The van der Waals surface area contributed by atoms with Crippen LogP contribution in [0.1, 0.15) is 30.1 Å². The normalized spacial score (nSPS) is 17.9. The fourth-order valence-corrected chi connectivity index (χ4v) is 1.96. The molecule has 3 N–H and O–H groups in total. The number of amides is 2. The van der Waals surface area contributed by atoms with Crippen molar-refractivity contribution in [2.45, 2.75) is 25.8 Å². The molecule has 1 aromatic heterocycles. The van der Waals surface area contributed by atoms with Crippen LogP contribution in [0.5, 0.6) is 0 Å². The van der Waals surface area contributed by atoms with Crippen molar-refractivity contribution in [2.24, 2.45) is 0 Å². The van der Waals surface area contributed by atoms with Crippen molar-refractivity contribution in [3.8, 4) is 0 Å². The minimum Gasteiger partial charge on any atom is -0.384 e. The molecule has 102 valence electrons. The molecule has 1 fully saturated rings. The second kappa shape index (κ2) is 6.17. The number of nitrogens with zero attached hydrogens (tertiary/aromatic N) is 1. The van der Waals surface area contributed by atoms with Gasteiger partial charge in [0.15, 0.2) is 0 Å². The van der Waals surface area contributed by atoms with Gasteiger partial charge in [0.05, 0.1) is 17.3 Å². The van der Waals surface area contributed by atoms with Crippen molar-refractivity contribution in [1.82, 2.24) is 15.6 Å². The number of aromatic nitrogens is 1. The van der Waals surface area contributed by atoms with Crippen molar-refractivity contribution in [2.75, 3.05) is 18.4 Å². The fourth-order valence-electron chi connectivity index (χ4n) is 1.96. The van der Waals surface area contributed by atoms with E-state index in [0.29, 0.717) is 18.5 Å². The van der Waals surface area contributed by atoms with Crippen molar-refractivity contribution in [3.05, 3.63) is 24.0 Å². The van der Waals surface area contributed by atoms with E-state index >= 15 is 0 Å². The molecule has 0 spiro atoms. The number of hydrogen-bond donors (Lipinski definition) is 3. The third kappa shape index (κ3) is 3.43. The molecule has 1 aliphatic rings. The Kier molecular flexibility index (Phi) is 4.33. The van der Waals surface area contributed by atoms with Gasteiger partial charge in [-0.2, -0.15) is 0 Å². The van der Waals surface area contributed by atoms with Crippen LogP contribution in [-0.2, 0) is 4.79 Å². The summed E-state index contributed by atoms with van der Waals surface area (Å²) in [6, 6.07) is 1.64. The lowest BCUT2D eigenvalue weighted by Gasteiger charge is -2.13. The third-order valence-electron chi connectivity index (χ3n) is 2.94. The van der Waals surface area contributed by atoms with E-state index in [4.69, 9.17) is 0 Å². The van der Waals surface area contributed by atoms with Gasteiger partial charge in [0, 0.05) is 31.9 Å². The van der Waals surface area contributed by atoms with Crippen LogP contribution in [0.4, 0.5) is 5.69 Å². The summed E-state index contributed by atoms with van der Waals surface area (Å²) in [6.07, 6.45) is 4.50. The van der Waals surface area contributed by atoms with E-state index in [-0.39, 0.29) is 17.9 Å². The molecular weight excluding hydrogens is 244 g/mol. The van der Waals surface area contributed by atoms with Crippen molar-refractivity contribution >= 4 is 17.5 Å². The van der Waals surface area contributed by atoms with Crippen LogP contribution in [0.3, 0.4) is 0 Å². The Labute approximate surface area is 112 Å². The van der Waals surface area contributed by atoms with Gasteiger partial charge in [0.25, 0.3) is 5.91 Å². The number of anilines is 1. The minimum absolute atomic E-state index is 0.0270. The summed E-state index contributed by atoms with van der Waals surface area (Å²) >= 11 is 0. The number of nitrogens with one attached hydrogen (secondary N) is 3. The zero-order valence-corrected chi connectivity index (χ0v) is 10.9. The largest absolute Gasteiger partial charge is 0.384 e. The SMILES string of the molecule is CCCNc1ccncc1C(=O)NC1CNC(=O)C1. The molecule has 0 radical (unpaired) electrons. The lowest BCUT2D eigenvalue weighted by molar-refractivity contribution is -0.119. The summed E-state index contributed by atoms with van der Waals surface area (Å²) in [7, 11) is 0. The second-order valence-electron chi connectivity index (χ2n) is 4.53. The summed E-state index contributed by atoms with van der Waals surface area (Å²) in [6.45, 7) is 3.35. The highest BCUT2D eigenvalue weighted by molar-refractivity contribution is 5.99. The summed E-state index contributed by atoms with van der Waals surface area (Å²) in [5.41, 5.74) is 1.28. The quantitative estimate of drug-likeness (QED) is 0.722. The zero-order valence-electron chi connectivity index (χ0n) is 10.9. The first-order valence-electron chi connectivity index (χ1n) is 6.46. The van der Waals surface area contributed by atoms with E-state index < -0.39 is 0 Å². The molecule has 0 aliphatic carbocycles. The third-order valence-corrected chi connectivity index (χ3v) is 2.94. The number of carbonyl (C=O) groups is 2. The first-order chi connectivity index (χ1) is 9.20. The van der Waals surface area contributed by atoms with E-state index in [2.05, 4.69) is 27.9 Å². The Hall–Kier alpha value is -2.11. The van der Waals surface area contributed by atoms with E-state index in [1.165, 1.54) is 6.20 Å². The molecule has 6 nitrogen and oxygen atoms in total. The van der Waals surface area contributed by atoms with Gasteiger partial charge in [-0.15, -0.1) is 0 Å².